The molecule has 0 aliphatic heterocycles. The van der Waals surface area contributed by atoms with Crippen LogP contribution in [0, 0.1) is 19.3 Å². The van der Waals surface area contributed by atoms with Crippen LogP contribution in [-0.4, -0.2) is 12.5 Å². The average Bonchev–Trinajstić information content (AvgIpc) is 2.31. The molecule has 0 aliphatic rings. The number of rotatable bonds is 4. The fourth-order valence-electron chi connectivity index (χ4n) is 1.79. The van der Waals surface area contributed by atoms with Gasteiger partial charge in [0.05, 0.1) is 11.5 Å². The predicted molar refractivity (Wildman–Crippen MR) is 75.3 cm³/mol. The van der Waals surface area contributed by atoms with Crippen LogP contribution < -0.4 is 11.1 Å². The third-order valence-electron chi connectivity index (χ3n) is 3.37. The predicted octanol–water partition coefficient (Wildman–Crippen LogP) is 2.47. The Morgan fingerprint density at radius 1 is 1.39 bits per heavy atom. The molecule has 0 heterocycles. The molecule has 3 N–H and O–H groups in total. The summed E-state index contributed by atoms with van der Waals surface area (Å²) in [6, 6.07) is 6.29. The maximum absolute atomic E-state index is 12.1. The van der Waals surface area contributed by atoms with E-state index in [4.69, 9.17) is 5.73 Å². The summed E-state index contributed by atoms with van der Waals surface area (Å²) in [6.07, 6.45) is 0. The highest BCUT2D eigenvalue weighted by Crippen LogP contribution is 2.21. The highest BCUT2D eigenvalue weighted by atomic mass is 16.2. The second kappa shape index (κ2) is 5.53. The molecule has 0 spiro atoms. The maximum Gasteiger partial charge on any atom is 0.227 e. The van der Waals surface area contributed by atoms with E-state index in [2.05, 4.69) is 37.4 Å². The van der Waals surface area contributed by atoms with Gasteiger partial charge in [0.2, 0.25) is 5.91 Å². The minimum atomic E-state index is -0.522. The Labute approximate surface area is 110 Å². The smallest absolute Gasteiger partial charge is 0.227 e. The molecule has 0 aliphatic carbocycles. The van der Waals surface area contributed by atoms with Crippen molar-refractivity contribution in [3.8, 4) is 0 Å². The molecule has 18 heavy (non-hydrogen) atoms. The van der Waals surface area contributed by atoms with Crippen LogP contribution in [0.25, 0.3) is 0 Å². The first-order valence-electron chi connectivity index (χ1n) is 6.36. The molecular weight excluding hydrogens is 224 g/mol. The van der Waals surface area contributed by atoms with Crippen molar-refractivity contribution in [1.29, 1.82) is 0 Å². The molecule has 0 aromatic heterocycles. The van der Waals surface area contributed by atoms with Gasteiger partial charge in [0.15, 0.2) is 0 Å². The number of amides is 1. The summed E-state index contributed by atoms with van der Waals surface area (Å²) < 4.78 is 0. The lowest BCUT2D eigenvalue weighted by molar-refractivity contribution is -0.129. The second-order valence-corrected chi connectivity index (χ2v) is 5.64. The Morgan fingerprint density at radius 2 is 2.00 bits per heavy atom. The van der Waals surface area contributed by atoms with Gasteiger partial charge in [0, 0.05) is 6.54 Å². The molecule has 1 amide bonds. The van der Waals surface area contributed by atoms with E-state index in [0.717, 1.165) is 5.56 Å². The number of carbonyl (C=O) groups is 1. The molecule has 0 radical (unpaired) electrons. The number of carbonyl (C=O) groups excluding carboxylic acids is 1. The molecule has 0 saturated carbocycles. The summed E-state index contributed by atoms with van der Waals surface area (Å²) in [5.74, 6) is -0.00148. The molecule has 3 nitrogen and oxygen atoms in total. The van der Waals surface area contributed by atoms with Gasteiger partial charge in [-0.05, 0) is 45.7 Å². The number of hydrogen-bond acceptors (Lipinski definition) is 2. The largest absolute Gasteiger partial charge is 0.349 e. The van der Waals surface area contributed by atoms with E-state index >= 15 is 0 Å². The van der Waals surface area contributed by atoms with E-state index in [1.54, 1.807) is 0 Å². The zero-order chi connectivity index (χ0) is 13.9. The van der Waals surface area contributed by atoms with Crippen molar-refractivity contribution < 1.29 is 4.79 Å². The van der Waals surface area contributed by atoms with Crippen LogP contribution in [0.4, 0.5) is 0 Å². The third kappa shape index (κ3) is 3.33. The minimum absolute atomic E-state index is 0.00148. The first-order valence-corrected chi connectivity index (χ1v) is 6.36. The fourth-order valence-corrected chi connectivity index (χ4v) is 1.79. The van der Waals surface area contributed by atoms with Gasteiger partial charge in [-0.1, -0.05) is 23.8 Å². The summed E-state index contributed by atoms with van der Waals surface area (Å²) in [6.45, 7) is 10.2. The van der Waals surface area contributed by atoms with E-state index in [9.17, 15) is 4.79 Å². The molecule has 0 saturated heterocycles. The standard InChI is InChI=1S/C15H24N2O/c1-10-6-7-11(2)13(8-10)12(3)17-14(18)15(4,5)9-16/h6-8,12H,9,16H2,1-5H3,(H,17,18). The zero-order valence-corrected chi connectivity index (χ0v) is 12.0. The van der Waals surface area contributed by atoms with Crippen molar-refractivity contribution in [3.63, 3.8) is 0 Å². The average molecular weight is 248 g/mol. The summed E-state index contributed by atoms with van der Waals surface area (Å²) in [7, 11) is 0. The van der Waals surface area contributed by atoms with Gasteiger partial charge in [-0.2, -0.15) is 0 Å². The third-order valence-corrected chi connectivity index (χ3v) is 3.37. The number of hydrogen-bond donors (Lipinski definition) is 2. The van der Waals surface area contributed by atoms with Crippen LogP contribution in [-0.2, 0) is 4.79 Å². The second-order valence-electron chi connectivity index (χ2n) is 5.64. The van der Waals surface area contributed by atoms with E-state index in [-0.39, 0.29) is 11.9 Å². The van der Waals surface area contributed by atoms with Crippen molar-refractivity contribution in [3.05, 3.63) is 34.9 Å². The van der Waals surface area contributed by atoms with Crippen molar-refractivity contribution >= 4 is 5.91 Å². The first kappa shape index (κ1) is 14.7. The quantitative estimate of drug-likeness (QED) is 0.860. The van der Waals surface area contributed by atoms with E-state index in [1.807, 2.05) is 20.8 Å². The van der Waals surface area contributed by atoms with Gasteiger partial charge in [-0.15, -0.1) is 0 Å². The van der Waals surface area contributed by atoms with Crippen LogP contribution >= 0.6 is 0 Å². The first-order chi connectivity index (χ1) is 8.27. The number of aryl methyl sites for hydroxylation is 2. The molecule has 1 rings (SSSR count). The summed E-state index contributed by atoms with van der Waals surface area (Å²) >= 11 is 0. The van der Waals surface area contributed by atoms with Gasteiger partial charge in [0.25, 0.3) is 0 Å². The lowest BCUT2D eigenvalue weighted by Gasteiger charge is -2.25. The Hall–Kier alpha value is -1.35. The highest BCUT2D eigenvalue weighted by Gasteiger charge is 2.27. The van der Waals surface area contributed by atoms with Gasteiger partial charge in [0.1, 0.15) is 0 Å². The van der Waals surface area contributed by atoms with Crippen LogP contribution in [0.5, 0.6) is 0 Å². The number of benzene rings is 1. The maximum atomic E-state index is 12.1. The van der Waals surface area contributed by atoms with Crippen LogP contribution in [0.15, 0.2) is 18.2 Å². The Balaban J connectivity index is 2.86. The van der Waals surface area contributed by atoms with Gasteiger partial charge in [-0.3, -0.25) is 4.79 Å². The lowest BCUT2D eigenvalue weighted by atomic mass is 9.91. The Morgan fingerprint density at radius 3 is 2.56 bits per heavy atom. The van der Waals surface area contributed by atoms with Crippen molar-refractivity contribution in [2.45, 2.75) is 40.7 Å². The summed E-state index contributed by atoms with van der Waals surface area (Å²) in [4.78, 5) is 12.1. The highest BCUT2D eigenvalue weighted by molar-refractivity contribution is 5.82. The normalized spacial score (nSPS) is 13.2. The monoisotopic (exact) mass is 248 g/mol. The molecule has 1 aromatic rings. The van der Waals surface area contributed by atoms with Gasteiger partial charge < -0.3 is 11.1 Å². The molecule has 1 atom stereocenters. The van der Waals surface area contributed by atoms with Gasteiger partial charge in [-0.25, -0.2) is 0 Å². The van der Waals surface area contributed by atoms with Crippen molar-refractivity contribution in [2.24, 2.45) is 11.1 Å². The molecule has 0 bridgehead atoms. The van der Waals surface area contributed by atoms with Crippen LogP contribution in [0.3, 0.4) is 0 Å². The van der Waals surface area contributed by atoms with Crippen molar-refractivity contribution in [1.82, 2.24) is 5.32 Å². The number of nitrogens with one attached hydrogen (secondary N) is 1. The molecule has 100 valence electrons. The van der Waals surface area contributed by atoms with E-state index in [1.165, 1.54) is 11.1 Å². The molecule has 3 heteroatoms. The molecule has 0 fully saturated rings. The minimum Gasteiger partial charge on any atom is -0.349 e. The lowest BCUT2D eigenvalue weighted by Crippen LogP contribution is -2.42. The van der Waals surface area contributed by atoms with Gasteiger partial charge >= 0.3 is 0 Å². The Bertz CT molecular complexity index is 438. The zero-order valence-electron chi connectivity index (χ0n) is 12.0. The van der Waals surface area contributed by atoms with Crippen molar-refractivity contribution in [2.75, 3.05) is 6.54 Å². The Kier molecular flexibility index (Phi) is 4.52. The fraction of sp³-hybridized carbons (Fsp3) is 0.533. The van der Waals surface area contributed by atoms with E-state index in [0.29, 0.717) is 6.54 Å². The van der Waals surface area contributed by atoms with E-state index < -0.39 is 5.41 Å². The van der Waals surface area contributed by atoms with Crippen LogP contribution in [0.2, 0.25) is 0 Å². The number of nitrogens with two attached hydrogens (primary N) is 1. The summed E-state index contributed by atoms with van der Waals surface area (Å²) in [5.41, 5.74) is 8.65. The molecule has 1 aromatic carbocycles. The SMILES string of the molecule is Cc1ccc(C)c(C(C)NC(=O)C(C)(C)CN)c1. The molecule has 1 unspecified atom stereocenters. The summed E-state index contributed by atoms with van der Waals surface area (Å²) in [5, 5.41) is 3.04. The van der Waals surface area contributed by atoms with Crippen LogP contribution in [0.1, 0.15) is 43.5 Å². The topological polar surface area (TPSA) is 55.1 Å². The molecular formula is C15H24N2O.